The molecule has 0 heterocycles. The first-order valence-corrected chi connectivity index (χ1v) is 7.63. The Bertz CT molecular complexity index is 256. The van der Waals surface area contributed by atoms with Crippen molar-refractivity contribution in [2.45, 2.75) is 59.4 Å². The van der Waals surface area contributed by atoms with Gasteiger partial charge in [-0.1, -0.05) is 27.7 Å². The lowest BCUT2D eigenvalue weighted by molar-refractivity contribution is -0.124. The van der Waals surface area contributed by atoms with Crippen LogP contribution in [0, 0.1) is 5.92 Å². The first-order valence-electron chi connectivity index (χ1n) is 7.63. The highest BCUT2D eigenvalue weighted by molar-refractivity contribution is 5.84. The van der Waals surface area contributed by atoms with Crippen LogP contribution in [-0.4, -0.2) is 42.5 Å². The van der Waals surface area contributed by atoms with Crippen LogP contribution in [0.4, 0.5) is 0 Å². The second kappa shape index (κ2) is 9.32. The summed E-state index contributed by atoms with van der Waals surface area (Å²) in [5.74, 6) is 0.460. The van der Waals surface area contributed by atoms with Crippen LogP contribution in [0.3, 0.4) is 0 Å². The monoisotopic (exact) mass is 271 g/mol. The zero-order chi connectivity index (χ0) is 14.9. The van der Waals surface area contributed by atoms with Crippen molar-refractivity contribution in [3.8, 4) is 0 Å². The summed E-state index contributed by atoms with van der Waals surface area (Å²) in [7, 11) is 0. The molecule has 4 heteroatoms. The van der Waals surface area contributed by atoms with Gasteiger partial charge >= 0.3 is 0 Å². The minimum Gasteiger partial charge on any atom is -0.368 e. The largest absolute Gasteiger partial charge is 0.368 e. The van der Waals surface area contributed by atoms with E-state index in [1.807, 2.05) is 13.8 Å². The predicted octanol–water partition coefficient (Wildman–Crippen LogP) is 1.99. The van der Waals surface area contributed by atoms with E-state index in [1.165, 1.54) is 0 Å². The maximum absolute atomic E-state index is 11.5. The zero-order valence-corrected chi connectivity index (χ0v) is 13.5. The second-order valence-electron chi connectivity index (χ2n) is 5.97. The van der Waals surface area contributed by atoms with Gasteiger partial charge in [-0.25, -0.2) is 0 Å². The van der Waals surface area contributed by atoms with Crippen molar-refractivity contribution in [3.63, 3.8) is 0 Å². The van der Waals surface area contributed by atoms with Crippen molar-refractivity contribution in [2.24, 2.45) is 11.7 Å². The molecule has 0 aliphatic heterocycles. The van der Waals surface area contributed by atoms with Crippen molar-refractivity contribution in [2.75, 3.05) is 26.2 Å². The molecule has 0 aromatic rings. The third-order valence-corrected chi connectivity index (χ3v) is 3.58. The van der Waals surface area contributed by atoms with Gasteiger partial charge in [0.1, 0.15) is 0 Å². The number of carbonyl (C=O) groups excluding carboxylic acids is 1. The number of likely N-dealkylation sites (N-methyl/N-ethyl adjacent to an activating group) is 1. The highest BCUT2D eigenvalue weighted by Gasteiger charge is 2.28. The van der Waals surface area contributed by atoms with E-state index in [0.29, 0.717) is 5.92 Å². The van der Waals surface area contributed by atoms with Crippen LogP contribution in [0.15, 0.2) is 0 Å². The van der Waals surface area contributed by atoms with Crippen LogP contribution in [0.2, 0.25) is 0 Å². The summed E-state index contributed by atoms with van der Waals surface area (Å²) in [5, 5.41) is 3.20. The molecule has 1 atom stereocenters. The summed E-state index contributed by atoms with van der Waals surface area (Å²) < 4.78 is 0. The molecule has 0 radical (unpaired) electrons. The van der Waals surface area contributed by atoms with Crippen LogP contribution in [0.5, 0.6) is 0 Å². The van der Waals surface area contributed by atoms with Gasteiger partial charge in [0, 0.05) is 6.54 Å². The molecular weight excluding hydrogens is 238 g/mol. The van der Waals surface area contributed by atoms with Crippen LogP contribution < -0.4 is 11.1 Å². The van der Waals surface area contributed by atoms with Crippen molar-refractivity contribution in [1.82, 2.24) is 10.2 Å². The topological polar surface area (TPSA) is 58.4 Å². The first kappa shape index (κ1) is 18.4. The van der Waals surface area contributed by atoms with Gasteiger partial charge in [0.25, 0.3) is 0 Å². The maximum atomic E-state index is 11.5. The third kappa shape index (κ3) is 7.53. The summed E-state index contributed by atoms with van der Waals surface area (Å²) in [6.07, 6.45) is 2.96. The van der Waals surface area contributed by atoms with E-state index in [4.69, 9.17) is 5.73 Å². The van der Waals surface area contributed by atoms with Gasteiger partial charge in [-0.2, -0.15) is 0 Å². The summed E-state index contributed by atoms with van der Waals surface area (Å²) >= 11 is 0. The molecule has 0 spiro atoms. The molecule has 0 saturated heterocycles. The number of carbonyl (C=O) groups is 1. The van der Waals surface area contributed by atoms with Crippen molar-refractivity contribution < 1.29 is 4.79 Å². The lowest BCUT2D eigenvalue weighted by Crippen LogP contribution is -2.53. The quantitative estimate of drug-likeness (QED) is 0.565. The lowest BCUT2D eigenvalue weighted by atomic mass is 9.94. The minimum absolute atomic E-state index is 0.246. The Labute approximate surface area is 119 Å². The van der Waals surface area contributed by atoms with Crippen molar-refractivity contribution in [3.05, 3.63) is 0 Å². The fourth-order valence-electron chi connectivity index (χ4n) is 2.40. The summed E-state index contributed by atoms with van der Waals surface area (Å²) in [6, 6.07) is 0. The zero-order valence-electron chi connectivity index (χ0n) is 13.5. The molecule has 1 unspecified atom stereocenters. The fraction of sp³-hybridized carbons (Fsp3) is 0.933. The summed E-state index contributed by atoms with van der Waals surface area (Å²) in [4.78, 5) is 14.0. The van der Waals surface area contributed by atoms with Gasteiger partial charge in [-0.05, 0) is 51.7 Å². The number of amides is 1. The highest BCUT2D eigenvalue weighted by Crippen LogP contribution is 2.14. The molecule has 0 aromatic carbocycles. The van der Waals surface area contributed by atoms with Gasteiger partial charge in [-0.15, -0.1) is 0 Å². The Kier molecular flexibility index (Phi) is 9.02. The number of primary amides is 1. The van der Waals surface area contributed by atoms with Crippen molar-refractivity contribution >= 4 is 5.91 Å². The van der Waals surface area contributed by atoms with Crippen LogP contribution in [0.1, 0.15) is 53.9 Å². The molecule has 0 saturated carbocycles. The van der Waals surface area contributed by atoms with Gasteiger partial charge in [0.15, 0.2) is 0 Å². The van der Waals surface area contributed by atoms with E-state index in [0.717, 1.165) is 45.4 Å². The van der Waals surface area contributed by atoms with E-state index < -0.39 is 5.54 Å². The van der Waals surface area contributed by atoms with E-state index >= 15 is 0 Å². The number of nitrogens with two attached hydrogens (primary N) is 1. The highest BCUT2D eigenvalue weighted by atomic mass is 16.1. The Morgan fingerprint density at radius 1 is 1.32 bits per heavy atom. The van der Waals surface area contributed by atoms with Crippen LogP contribution in [-0.2, 0) is 4.79 Å². The third-order valence-electron chi connectivity index (χ3n) is 3.58. The Morgan fingerprint density at radius 2 is 1.95 bits per heavy atom. The average Bonchev–Trinajstić information content (AvgIpc) is 2.32. The average molecular weight is 271 g/mol. The molecule has 0 bridgehead atoms. The molecule has 0 aliphatic rings. The molecule has 19 heavy (non-hydrogen) atoms. The number of unbranched alkanes of at least 4 members (excludes halogenated alkanes) is 1. The van der Waals surface area contributed by atoms with Crippen LogP contribution in [0.25, 0.3) is 0 Å². The minimum atomic E-state index is -0.552. The first-order chi connectivity index (χ1) is 8.85. The van der Waals surface area contributed by atoms with Crippen molar-refractivity contribution in [1.29, 1.82) is 0 Å². The number of hydrogen-bond donors (Lipinski definition) is 2. The molecule has 0 aromatic heterocycles. The van der Waals surface area contributed by atoms with Gasteiger partial charge in [0.2, 0.25) is 5.91 Å². The second-order valence-corrected chi connectivity index (χ2v) is 5.97. The number of nitrogens with one attached hydrogen (secondary N) is 1. The number of rotatable bonds is 11. The number of hydrogen-bond acceptors (Lipinski definition) is 3. The molecule has 1 amide bonds. The standard InChI is InChI=1S/C15H33N3O/c1-6-17-15(5,14(16)19)10-8-9-11-18(7-2)12-13(3)4/h13,17H,6-12H2,1-5H3,(H2,16,19). The fourth-order valence-corrected chi connectivity index (χ4v) is 2.40. The molecule has 0 fully saturated rings. The van der Waals surface area contributed by atoms with Crippen LogP contribution >= 0.6 is 0 Å². The van der Waals surface area contributed by atoms with E-state index in [9.17, 15) is 4.79 Å². The summed E-state index contributed by atoms with van der Waals surface area (Å²) in [6.45, 7) is 14.7. The SMILES string of the molecule is CCNC(C)(CCCCN(CC)CC(C)C)C(N)=O. The molecule has 3 N–H and O–H groups in total. The maximum Gasteiger partial charge on any atom is 0.237 e. The van der Waals surface area contributed by atoms with Gasteiger partial charge in [0.05, 0.1) is 5.54 Å². The van der Waals surface area contributed by atoms with E-state index in [2.05, 4.69) is 31.0 Å². The van der Waals surface area contributed by atoms with Gasteiger partial charge < -0.3 is 16.0 Å². The molecular formula is C15H33N3O. The Hall–Kier alpha value is -0.610. The summed E-state index contributed by atoms with van der Waals surface area (Å²) in [5.41, 5.74) is 4.93. The lowest BCUT2D eigenvalue weighted by Gasteiger charge is -2.28. The number of nitrogens with zero attached hydrogens (tertiary/aromatic N) is 1. The van der Waals surface area contributed by atoms with E-state index in [-0.39, 0.29) is 5.91 Å². The normalized spacial score (nSPS) is 14.9. The smallest absolute Gasteiger partial charge is 0.237 e. The predicted molar refractivity (Wildman–Crippen MR) is 82.1 cm³/mol. The van der Waals surface area contributed by atoms with E-state index in [1.54, 1.807) is 0 Å². The van der Waals surface area contributed by atoms with Gasteiger partial charge in [-0.3, -0.25) is 4.79 Å². The molecule has 0 aliphatic carbocycles. The Morgan fingerprint density at radius 3 is 2.37 bits per heavy atom. The molecule has 114 valence electrons. The molecule has 4 nitrogen and oxygen atoms in total. The molecule has 0 rings (SSSR count). The Balaban J connectivity index is 4.02.